The van der Waals surface area contributed by atoms with Crippen LogP contribution in [0.2, 0.25) is 0 Å². The zero-order valence-electron chi connectivity index (χ0n) is 19.8. The number of nitrogens with one attached hydrogen (secondary N) is 1. The maximum atomic E-state index is 14.3. The van der Waals surface area contributed by atoms with E-state index >= 15 is 0 Å². The number of sulfonamides is 1. The van der Waals surface area contributed by atoms with Gasteiger partial charge in [-0.3, -0.25) is 14.4 Å². The first-order valence-corrected chi connectivity index (χ1v) is 13.0. The highest BCUT2D eigenvalue weighted by Crippen LogP contribution is 2.42. The SMILES string of the molecule is Cn1cc(S(=O)(=O)N2CCN(C3(CNC(=O)c4ccc(CF)cc4F)CCC(F)(F)CC3)CC2)nn1. The van der Waals surface area contributed by atoms with E-state index in [1.54, 1.807) is 7.05 Å². The van der Waals surface area contributed by atoms with E-state index in [0.717, 1.165) is 6.07 Å². The van der Waals surface area contributed by atoms with Crippen LogP contribution in [0.25, 0.3) is 0 Å². The average Bonchev–Trinajstić information content (AvgIpc) is 3.30. The van der Waals surface area contributed by atoms with Crippen LogP contribution in [0.1, 0.15) is 41.6 Å². The summed E-state index contributed by atoms with van der Waals surface area (Å²) < 4.78 is 83.4. The molecule has 9 nitrogen and oxygen atoms in total. The van der Waals surface area contributed by atoms with Gasteiger partial charge in [0.2, 0.25) is 10.9 Å². The minimum absolute atomic E-state index is 0.0108. The molecule has 0 unspecified atom stereocenters. The number of aromatic nitrogens is 3. The normalized spacial score (nSPS) is 20.8. The molecule has 1 aromatic heterocycles. The molecule has 0 radical (unpaired) electrons. The van der Waals surface area contributed by atoms with Crippen LogP contribution in [0, 0.1) is 5.82 Å². The first kappa shape index (κ1) is 26.5. The molecule has 2 fully saturated rings. The molecule has 1 aliphatic carbocycles. The number of alkyl halides is 3. The quantitative estimate of drug-likeness (QED) is 0.549. The third-order valence-corrected chi connectivity index (χ3v) is 8.78. The van der Waals surface area contributed by atoms with Crippen molar-refractivity contribution in [3.63, 3.8) is 0 Å². The Morgan fingerprint density at radius 2 is 1.78 bits per heavy atom. The van der Waals surface area contributed by atoms with E-state index in [0.29, 0.717) is 0 Å². The number of aryl methyl sites for hydroxylation is 1. The van der Waals surface area contributed by atoms with Crippen molar-refractivity contribution in [1.82, 2.24) is 29.5 Å². The molecule has 14 heteroatoms. The first-order valence-electron chi connectivity index (χ1n) is 11.6. The van der Waals surface area contributed by atoms with Gasteiger partial charge in [-0.25, -0.2) is 26.0 Å². The second-order valence-electron chi connectivity index (χ2n) is 9.33. The predicted molar refractivity (Wildman–Crippen MR) is 121 cm³/mol. The van der Waals surface area contributed by atoms with Gasteiger partial charge in [-0.1, -0.05) is 11.3 Å². The molecular formula is C22H28F4N6O3S. The Balaban J connectivity index is 1.47. The molecule has 1 amide bonds. The summed E-state index contributed by atoms with van der Waals surface area (Å²) in [5.41, 5.74) is -0.998. The third kappa shape index (κ3) is 5.39. The molecule has 1 saturated carbocycles. The van der Waals surface area contributed by atoms with E-state index < -0.39 is 39.9 Å². The van der Waals surface area contributed by atoms with Crippen molar-refractivity contribution in [2.45, 2.75) is 48.8 Å². The molecule has 36 heavy (non-hydrogen) atoms. The largest absolute Gasteiger partial charge is 0.350 e. The highest BCUT2D eigenvalue weighted by Gasteiger charge is 2.48. The number of amides is 1. The summed E-state index contributed by atoms with van der Waals surface area (Å²) in [5, 5.41) is 9.85. The number of nitrogens with zero attached hydrogens (tertiary/aromatic N) is 5. The molecule has 1 aromatic carbocycles. The summed E-state index contributed by atoms with van der Waals surface area (Å²) in [6, 6.07) is 3.45. The van der Waals surface area contributed by atoms with Gasteiger partial charge in [0.1, 0.15) is 12.5 Å². The Hall–Kier alpha value is -2.58. The Morgan fingerprint density at radius 1 is 1.11 bits per heavy atom. The van der Waals surface area contributed by atoms with Crippen molar-refractivity contribution in [2.75, 3.05) is 32.7 Å². The molecule has 4 rings (SSSR count). The van der Waals surface area contributed by atoms with E-state index in [2.05, 4.69) is 15.6 Å². The van der Waals surface area contributed by atoms with Crippen LogP contribution < -0.4 is 5.32 Å². The summed E-state index contributed by atoms with van der Waals surface area (Å²) >= 11 is 0. The summed E-state index contributed by atoms with van der Waals surface area (Å²) in [5.74, 6) is -4.41. The smallest absolute Gasteiger partial charge is 0.264 e. The van der Waals surface area contributed by atoms with E-state index in [1.807, 2.05) is 4.90 Å². The predicted octanol–water partition coefficient (Wildman–Crippen LogP) is 2.11. The summed E-state index contributed by atoms with van der Waals surface area (Å²) in [4.78, 5) is 14.6. The van der Waals surface area contributed by atoms with Crippen molar-refractivity contribution in [1.29, 1.82) is 0 Å². The number of hydrogen-bond acceptors (Lipinski definition) is 6. The van der Waals surface area contributed by atoms with Gasteiger partial charge in [0.15, 0.2) is 0 Å². The van der Waals surface area contributed by atoms with Crippen molar-refractivity contribution < 1.29 is 30.8 Å². The lowest BCUT2D eigenvalue weighted by Crippen LogP contribution is -2.63. The molecule has 198 valence electrons. The van der Waals surface area contributed by atoms with Gasteiger partial charge in [0.05, 0.1) is 11.8 Å². The van der Waals surface area contributed by atoms with Crippen LogP contribution in [-0.2, 0) is 23.7 Å². The van der Waals surface area contributed by atoms with Crippen molar-refractivity contribution in [3.05, 3.63) is 41.3 Å². The number of halogens is 4. The zero-order valence-corrected chi connectivity index (χ0v) is 20.6. The van der Waals surface area contributed by atoms with Gasteiger partial charge in [-0.2, -0.15) is 4.31 Å². The van der Waals surface area contributed by atoms with Crippen LogP contribution in [-0.4, -0.2) is 82.7 Å². The zero-order chi connectivity index (χ0) is 26.1. The molecule has 2 aliphatic rings. The maximum absolute atomic E-state index is 14.3. The molecular weight excluding hydrogens is 504 g/mol. The fraction of sp³-hybridized carbons (Fsp3) is 0.591. The number of carbonyl (C=O) groups excluding carboxylic acids is 1. The Morgan fingerprint density at radius 3 is 2.33 bits per heavy atom. The van der Waals surface area contributed by atoms with Crippen molar-refractivity contribution in [3.8, 4) is 0 Å². The van der Waals surface area contributed by atoms with E-state index in [9.17, 15) is 30.8 Å². The molecule has 0 spiro atoms. The highest BCUT2D eigenvalue weighted by atomic mass is 32.2. The Bertz CT molecular complexity index is 1200. The van der Waals surface area contributed by atoms with E-state index in [1.165, 1.54) is 27.3 Å². The molecule has 2 aromatic rings. The average molecular weight is 533 g/mol. The number of benzene rings is 1. The summed E-state index contributed by atoms with van der Waals surface area (Å²) in [6.07, 6.45) is 0.725. The number of hydrogen-bond donors (Lipinski definition) is 1. The number of piperazine rings is 1. The summed E-state index contributed by atoms with van der Waals surface area (Å²) in [7, 11) is -2.29. The monoisotopic (exact) mass is 532 g/mol. The van der Waals surface area contributed by atoms with Gasteiger partial charge in [-0.15, -0.1) is 5.10 Å². The van der Waals surface area contributed by atoms with Crippen LogP contribution in [0.4, 0.5) is 17.6 Å². The van der Waals surface area contributed by atoms with Crippen LogP contribution in [0.5, 0.6) is 0 Å². The standard InChI is InChI=1S/C22H28F4N6O3S/c1-30-14-19(28-29-30)36(34,35)32-10-8-31(9-11-32)21(4-6-22(25,26)7-5-21)15-27-20(33)17-3-2-16(13-23)12-18(17)24/h2-3,12,14H,4-11,13,15H2,1H3,(H,27,33). The lowest BCUT2D eigenvalue weighted by molar-refractivity contribution is -0.0856. The second kappa shape index (κ2) is 10.1. The van der Waals surface area contributed by atoms with Crippen LogP contribution in [0.15, 0.2) is 29.4 Å². The van der Waals surface area contributed by atoms with Gasteiger partial charge in [-0.05, 0) is 30.5 Å². The first-order chi connectivity index (χ1) is 17.0. The molecule has 2 heterocycles. The third-order valence-electron chi connectivity index (χ3n) is 7.02. The summed E-state index contributed by atoms with van der Waals surface area (Å²) in [6.45, 7) is -0.118. The minimum atomic E-state index is -3.85. The molecule has 1 aliphatic heterocycles. The number of rotatable bonds is 7. The minimum Gasteiger partial charge on any atom is -0.350 e. The van der Waals surface area contributed by atoms with Crippen molar-refractivity contribution in [2.24, 2.45) is 7.05 Å². The fourth-order valence-electron chi connectivity index (χ4n) is 4.83. The molecule has 0 atom stereocenters. The van der Waals surface area contributed by atoms with Gasteiger partial charge < -0.3 is 5.32 Å². The highest BCUT2D eigenvalue weighted by molar-refractivity contribution is 7.89. The fourth-order valence-corrected chi connectivity index (χ4v) is 6.17. The second-order valence-corrected chi connectivity index (χ2v) is 11.2. The van der Waals surface area contributed by atoms with E-state index in [4.69, 9.17) is 0 Å². The Labute approximate surface area is 206 Å². The van der Waals surface area contributed by atoms with Gasteiger partial charge >= 0.3 is 0 Å². The number of carbonyl (C=O) groups is 1. The van der Waals surface area contributed by atoms with Crippen molar-refractivity contribution >= 4 is 15.9 Å². The van der Waals surface area contributed by atoms with Gasteiger partial charge in [0.25, 0.3) is 15.9 Å². The molecule has 0 bridgehead atoms. The maximum Gasteiger partial charge on any atom is 0.264 e. The van der Waals surface area contributed by atoms with Gasteiger partial charge in [0, 0.05) is 58.2 Å². The molecule has 1 N–H and O–H groups in total. The lowest BCUT2D eigenvalue weighted by Gasteiger charge is -2.50. The topological polar surface area (TPSA) is 100 Å². The lowest BCUT2D eigenvalue weighted by atomic mass is 9.78. The van der Waals surface area contributed by atoms with E-state index in [-0.39, 0.29) is 74.6 Å². The molecule has 1 saturated heterocycles. The Kier molecular flexibility index (Phi) is 7.40. The van der Waals surface area contributed by atoms with Crippen LogP contribution >= 0.6 is 0 Å². The van der Waals surface area contributed by atoms with Crippen LogP contribution in [0.3, 0.4) is 0 Å².